The zero-order valence-corrected chi connectivity index (χ0v) is 8.45. The van der Waals surface area contributed by atoms with E-state index in [1.54, 1.807) is 0 Å². The summed E-state index contributed by atoms with van der Waals surface area (Å²) in [7, 11) is 0. The molecule has 0 bridgehead atoms. The molecule has 1 N–H and O–H groups in total. The molecule has 1 saturated heterocycles. The number of ether oxygens (including phenoxy) is 1. The minimum Gasteiger partial charge on any atom is -0.465 e. The Morgan fingerprint density at radius 3 is 3.07 bits per heavy atom. The highest BCUT2D eigenvalue weighted by molar-refractivity contribution is 5.75. The van der Waals surface area contributed by atoms with Gasteiger partial charge in [-0.3, -0.25) is 4.79 Å². The van der Waals surface area contributed by atoms with Crippen molar-refractivity contribution in [3.05, 3.63) is 0 Å². The first kappa shape index (κ1) is 11.1. The van der Waals surface area contributed by atoms with Crippen molar-refractivity contribution in [3.8, 4) is 11.8 Å². The summed E-state index contributed by atoms with van der Waals surface area (Å²) in [6.07, 6.45) is 2.66. The minimum absolute atomic E-state index is 0.317. The molecule has 0 aliphatic carbocycles. The van der Waals surface area contributed by atoms with Gasteiger partial charge in [-0.1, -0.05) is 19.3 Å². The molecule has 0 aromatic rings. The number of aliphatic hydroxyl groups is 1. The van der Waals surface area contributed by atoms with Crippen LogP contribution in [0.2, 0.25) is 0 Å². The Morgan fingerprint density at radius 1 is 1.71 bits per heavy atom. The maximum absolute atomic E-state index is 11.1. The first-order valence-electron chi connectivity index (χ1n) is 5.08. The van der Waals surface area contributed by atoms with Crippen LogP contribution in [0.1, 0.15) is 32.6 Å². The SMILES string of the molecule is CCCCC#C[C@@H](O)[C@H]1CCOC1=O. The summed E-state index contributed by atoms with van der Waals surface area (Å²) < 4.78 is 4.75. The van der Waals surface area contributed by atoms with Gasteiger partial charge in [0.2, 0.25) is 0 Å². The zero-order valence-electron chi connectivity index (χ0n) is 8.45. The van der Waals surface area contributed by atoms with Crippen LogP contribution in [0.3, 0.4) is 0 Å². The molecule has 1 aliphatic rings. The Morgan fingerprint density at radius 2 is 2.50 bits per heavy atom. The molecule has 3 heteroatoms. The normalized spacial score (nSPS) is 22.4. The summed E-state index contributed by atoms with van der Waals surface area (Å²) in [4.78, 5) is 11.1. The first-order valence-corrected chi connectivity index (χ1v) is 5.08. The van der Waals surface area contributed by atoms with E-state index in [1.807, 2.05) is 0 Å². The van der Waals surface area contributed by atoms with Crippen LogP contribution in [0.4, 0.5) is 0 Å². The van der Waals surface area contributed by atoms with Crippen molar-refractivity contribution < 1.29 is 14.6 Å². The second-order valence-corrected chi connectivity index (χ2v) is 3.43. The largest absolute Gasteiger partial charge is 0.465 e. The van der Waals surface area contributed by atoms with Crippen molar-refractivity contribution >= 4 is 5.97 Å². The molecule has 0 radical (unpaired) electrons. The number of aliphatic hydroxyl groups excluding tert-OH is 1. The number of cyclic esters (lactones) is 1. The third-order valence-corrected chi connectivity index (χ3v) is 2.26. The molecule has 1 heterocycles. The number of carbonyl (C=O) groups is 1. The molecule has 0 unspecified atom stereocenters. The van der Waals surface area contributed by atoms with E-state index >= 15 is 0 Å². The molecule has 78 valence electrons. The van der Waals surface area contributed by atoms with Crippen LogP contribution >= 0.6 is 0 Å². The van der Waals surface area contributed by atoms with Crippen molar-refractivity contribution in [1.29, 1.82) is 0 Å². The van der Waals surface area contributed by atoms with Crippen molar-refractivity contribution in [2.24, 2.45) is 5.92 Å². The molecule has 3 nitrogen and oxygen atoms in total. The topological polar surface area (TPSA) is 46.5 Å². The van der Waals surface area contributed by atoms with Gasteiger partial charge < -0.3 is 9.84 Å². The lowest BCUT2D eigenvalue weighted by Crippen LogP contribution is -2.22. The summed E-state index contributed by atoms with van der Waals surface area (Å²) in [6, 6.07) is 0. The van der Waals surface area contributed by atoms with E-state index in [2.05, 4.69) is 18.8 Å². The Balaban J connectivity index is 2.35. The average Bonchev–Trinajstić information content (AvgIpc) is 2.59. The quantitative estimate of drug-likeness (QED) is 0.418. The Hall–Kier alpha value is -1.01. The average molecular weight is 196 g/mol. The molecule has 0 aromatic carbocycles. The van der Waals surface area contributed by atoms with E-state index in [1.165, 1.54) is 0 Å². The number of unbranched alkanes of at least 4 members (excludes halogenated alkanes) is 2. The van der Waals surface area contributed by atoms with Crippen molar-refractivity contribution in [3.63, 3.8) is 0 Å². The standard InChI is InChI=1S/C11H16O3/c1-2-3-4-5-6-10(12)9-7-8-14-11(9)13/h9-10,12H,2-4,7-8H2,1H3/t9-,10-/m1/s1. The van der Waals surface area contributed by atoms with Gasteiger partial charge in [0.25, 0.3) is 0 Å². The van der Waals surface area contributed by atoms with Gasteiger partial charge in [0.15, 0.2) is 0 Å². The summed E-state index contributed by atoms with van der Waals surface area (Å²) in [5, 5.41) is 9.54. The molecular weight excluding hydrogens is 180 g/mol. The van der Waals surface area contributed by atoms with E-state index in [0.717, 1.165) is 19.3 Å². The van der Waals surface area contributed by atoms with Crippen LogP contribution in [0.25, 0.3) is 0 Å². The van der Waals surface area contributed by atoms with Gasteiger partial charge in [-0.2, -0.15) is 0 Å². The van der Waals surface area contributed by atoms with Crippen LogP contribution < -0.4 is 0 Å². The molecule has 0 saturated carbocycles. The van der Waals surface area contributed by atoms with Gasteiger partial charge in [-0.15, -0.1) is 5.92 Å². The Labute approximate surface area is 84.5 Å². The van der Waals surface area contributed by atoms with Crippen molar-refractivity contribution in [2.75, 3.05) is 6.61 Å². The Kier molecular flexibility index (Phi) is 4.48. The first-order chi connectivity index (χ1) is 6.75. The number of hydrogen-bond acceptors (Lipinski definition) is 3. The van der Waals surface area contributed by atoms with Gasteiger partial charge in [0, 0.05) is 6.42 Å². The van der Waals surface area contributed by atoms with Gasteiger partial charge in [-0.25, -0.2) is 0 Å². The third-order valence-electron chi connectivity index (χ3n) is 2.26. The smallest absolute Gasteiger partial charge is 0.312 e. The van der Waals surface area contributed by atoms with E-state index in [9.17, 15) is 9.90 Å². The van der Waals surface area contributed by atoms with E-state index in [-0.39, 0.29) is 5.97 Å². The maximum atomic E-state index is 11.1. The van der Waals surface area contributed by atoms with Crippen LogP contribution in [-0.2, 0) is 9.53 Å². The maximum Gasteiger partial charge on any atom is 0.312 e. The fourth-order valence-corrected chi connectivity index (χ4v) is 1.34. The lowest BCUT2D eigenvalue weighted by atomic mass is 10.0. The van der Waals surface area contributed by atoms with E-state index in [0.29, 0.717) is 13.0 Å². The van der Waals surface area contributed by atoms with E-state index < -0.39 is 12.0 Å². The predicted octanol–water partition coefficient (Wildman–Crippen LogP) is 1.10. The van der Waals surface area contributed by atoms with Crippen LogP contribution in [0.15, 0.2) is 0 Å². The lowest BCUT2D eigenvalue weighted by Gasteiger charge is -2.06. The highest BCUT2D eigenvalue weighted by Crippen LogP contribution is 2.17. The van der Waals surface area contributed by atoms with Gasteiger partial charge in [0.1, 0.15) is 6.10 Å². The monoisotopic (exact) mass is 196 g/mol. The second kappa shape index (κ2) is 5.66. The molecule has 0 aromatic heterocycles. The third kappa shape index (κ3) is 3.04. The number of carbonyl (C=O) groups excluding carboxylic acids is 1. The van der Waals surface area contributed by atoms with Crippen LogP contribution in [0, 0.1) is 17.8 Å². The Bertz CT molecular complexity index is 249. The molecular formula is C11H16O3. The highest BCUT2D eigenvalue weighted by Gasteiger charge is 2.31. The number of esters is 1. The second-order valence-electron chi connectivity index (χ2n) is 3.43. The summed E-state index contributed by atoms with van der Waals surface area (Å²) in [5.74, 6) is 4.83. The van der Waals surface area contributed by atoms with Gasteiger partial charge >= 0.3 is 5.97 Å². The van der Waals surface area contributed by atoms with Gasteiger partial charge in [0.05, 0.1) is 12.5 Å². The summed E-state index contributed by atoms with van der Waals surface area (Å²) in [5.41, 5.74) is 0. The fourth-order valence-electron chi connectivity index (χ4n) is 1.34. The summed E-state index contributed by atoms with van der Waals surface area (Å²) in [6.45, 7) is 2.50. The highest BCUT2D eigenvalue weighted by atomic mass is 16.5. The van der Waals surface area contributed by atoms with Crippen LogP contribution in [0.5, 0.6) is 0 Å². The van der Waals surface area contributed by atoms with Crippen molar-refractivity contribution in [1.82, 2.24) is 0 Å². The molecule has 2 atom stereocenters. The van der Waals surface area contributed by atoms with Gasteiger partial charge in [-0.05, 0) is 12.8 Å². The zero-order chi connectivity index (χ0) is 10.4. The van der Waals surface area contributed by atoms with Crippen molar-refractivity contribution in [2.45, 2.75) is 38.7 Å². The summed E-state index contributed by atoms with van der Waals surface area (Å²) >= 11 is 0. The number of hydrogen-bond donors (Lipinski definition) is 1. The molecule has 1 rings (SSSR count). The molecule has 1 aliphatic heterocycles. The number of rotatable bonds is 3. The predicted molar refractivity (Wildman–Crippen MR) is 52.4 cm³/mol. The molecule has 14 heavy (non-hydrogen) atoms. The fraction of sp³-hybridized carbons (Fsp3) is 0.727. The minimum atomic E-state index is -0.846. The molecule has 1 fully saturated rings. The molecule has 0 spiro atoms. The van der Waals surface area contributed by atoms with Crippen LogP contribution in [-0.4, -0.2) is 23.8 Å². The molecule has 0 amide bonds. The lowest BCUT2D eigenvalue weighted by molar-refractivity contribution is -0.143. The van der Waals surface area contributed by atoms with E-state index in [4.69, 9.17) is 4.74 Å².